The number of hydrogen-bond donors (Lipinski definition) is 2. The number of carbonyl (C=O) groups excluding carboxylic acids is 9. The number of amides is 6. The molecule has 0 aliphatic carbocycles. The zero-order valence-electron chi connectivity index (χ0n) is 41.1. The second kappa shape index (κ2) is 22.5. The van der Waals surface area contributed by atoms with Crippen LogP contribution in [0.3, 0.4) is 0 Å². The monoisotopic (exact) mass is 937 g/mol. The second-order valence-electron chi connectivity index (χ2n) is 19.9. The first-order chi connectivity index (χ1) is 31.5. The maximum atomic E-state index is 14.9. The van der Waals surface area contributed by atoms with E-state index < -0.39 is 125 Å². The van der Waals surface area contributed by atoms with Crippen molar-refractivity contribution in [2.45, 2.75) is 163 Å². The molecule has 4 fully saturated rings. The Bertz CT molecular complexity index is 2020. The van der Waals surface area contributed by atoms with E-state index in [1.807, 2.05) is 20.8 Å². The molecule has 1 aromatic rings. The van der Waals surface area contributed by atoms with Gasteiger partial charge < -0.3 is 44.4 Å². The minimum atomic E-state index is -1.32. The molecule has 4 heterocycles. The summed E-state index contributed by atoms with van der Waals surface area (Å²) in [6, 6.07) is 0.834. The summed E-state index contributed by atoms with van der Waals surface area (Å²) in [5.74, 6) is -7.67. The summed E-state index contributed by atoms with van der Waals surface area (Å²) in [5.41, 5.74) is 0.786. The molecular formula is C49H72N6O12. The molecule has 6 amide bonds. The van der Waals surface area contributed by atoms with Crippen molar-refractivity contribution >= 4 is 53.4 Å². The number of nitrogens with one attached hydrogen (secondary N) is 2. The topological polar surface area (TPSA) is 218 Å². The number of nitrogens with zero attached hydrogens (tertiary/aromatic N) is 4. The van der Waals surface area contributed by atoms with Gasteiger partial charge in [0.1, 0.15) is 36.0 Å². The highest BCUT2D eigenvalue weighted by atomic mass is 16.6. The van der Waals surface area contributed by atoms with Crippen LogP contribution in [0.25, 0.3) is 0 Å². The van der Waals surface area contributed by atoms with Gasteiger partial charge in [0, 0.05) is 39.6 Å². The summed E-state index contributed by atoms with van der Waals surface area (Å²) < 4.78 is 16.8. The molecule has 67 heavy (non-hydrogen) atoms. The summed E-state index contributed by atoms with van der Waals surface area (Å²) in [4.78, 5) is 132. The molecule has 4 aliphatic heterocycles. The number of esters is 3. The zero-order valence-corrected chi connectivity index (χ0v) is 41.1. The van der Waals surface area contributed by atoms with Gasteiger partial charge in [-0.3, -0.25) is 38.4 Å². The van der Waals surface area contributed by atoms with Crippen molar-refractivity contribution in [1.82, 2.24) is 30.2 Å². The highest BCUT2D eigenvalue weighted by Crippen LogP contribution is 2.29. The summed E-state index contributed by atoms with van der Waals surface area (Å²) in [7, 11) is 1.47. The molecule has 4 unspecified atom stereocenters. The van der Waals surface area contributed by atoms with E-state index in [-0.39, 0.29) is 32.0 Å². The van der Waals surface area contributed by atoms with Crippen LogP contribution in [0.5, 0.6) is 5.75 Å². The number of cyclic esters (lactones) is 2. The SMILES string of the molecule is CC(=O)Oc1ccc(CC(C)C2NC(=O)[C@@H]3CCCN3C(=O)[C@@H](C(C)C)N(C)C(=O)[C@@H](C(C)C)OC(=O)[C@@H]3CCCN3C(=O)[C@H](C)OC(=O)C(C)C(C(C)C)NC(=O)[C@@H]3CCCN3C2=O)cc1. The minimum absolute atomic E-state index is 0.191. The minimum Gasteiger partial charge on any atom is -0.452 e. The fourth-order valence-corrected chi connectivity index (χ4v) is 10.0. The summed E-state index contributed by atoms with van der Waals surface area (Å²) in [5, 5.41) is 6.01. The van der Waals surface area contributed by atoms with Gasteiger partial charge in [0.15, 0.2) is 12.2 Å². The van der Waals surface area contributed by atoms with Crippen molar-refractivity contribution in [1.29, 1.82) is 0 Å². The van der Waals surface area contributed by atoms with Gasteiger partial charge in [0.2, 0.25) is 23.6 Å². The number of carbonyl (C=O) groups is 9. The van der Waals surface area contributed by atoms with Crippen molar-refractivity contribution in [2.24, 2.45) is 29.6 Å². The lowest BCUT2D eigenvalue weighted by molar-refractivity contribution is -0.172. The Hall–Kier alpha value is -5.55. The first-order valence-corrected chi connectivity index (χ1v) is 24.0. The van der Waals surface area contributed by atoms with E-state index in [1.165, 1.54) is 40.5 Å². The summed E-state index contributed by atoms with van der Waals surface area (Å²) in [6.07, 6.45) is -0.00896. The fourth-order valence-electron chi connectivity index (χ4n) is 10.0. The van der Waals surface area contributed by atoms with Crippen LogP contribution in [-0.2, 0) is 59.0 Å². The van der Waals surface area contributed by atoms with Crippen LogP contribution in [-0.4, -0.2) is 148 Å². The molecule has 4 saturated heterocycles. The third kappa shape index (κ3) is 12.1. The van der Waals surface area contributed by atoms with Crippen molar-refractivity contribution in [2.75, 3.05) is 26.7 Å². The predicted octanol–water partition coefficient (Wildman–Crippen LogP) is 3.02. The Labute approximate surface area is 394 Å². The third-order valence-corrected chi connectivity index (χ3v) is 13.7. The molecule has 5 rings (SSSR count). The Balaban J connectivity index is 1.54. The van der Waals surface area contributed by atoms with Crippen LogP contribution in [0.1, 0.15) is 113 Å². The highest BCUT2D eigenvalue weighted by molar-refractivity contribution is 5.97. The Kier molecular flexibility index (Phi) is 17.6. The van der Waals surface area contributed by atoms with E-state index in [4.69, 9.17) is 14.2 Å². The van der Waals surface area contributed by atoms with Crippen LogP contribution in [0.4, 0.5) is 0 Å². The summed E-state index contributed by atoms with van der Waals surface area (Å²) in [6.45, 7) is 17.4. The van der Waals surface area contributed by atoms with E-state index in [0.29, 0.717) is 44.3 Å². The van der Waals surface area contributed by atoms with Gasteiger partial charge in [-0.05, 0) is 100 Å². The normalized spacial score (nSPS) is 29.5. The van der Waals surface area contributed by atoms with Crippen LogP contribution < -0.4 is 15.4 Å². The number of likely N-dealkylation sites (N-methyl/N-ethyl adjacent to an activating group) is 1. The van der Waals surface area contributed by atoms with Gasteiger partial charge in [0.05, 0.1) is 5.92 Å². The van der Waals surface area contributed by atoms with Gasteiger partial charge in [-0.25, -0.2) is 4.79 Å². The van der Waals surface area contributed by atoms with Crippen LogP contribution in [0.2, 0.25) is 0 Å². The molecule has 370 valence electrons. The smallest absolute Gasteiger partial charge is 0.329 e. The quantitative estimate of drug-likeness (QED) is 0.298. The van der Waals surface area contributed by atoms with E-state index in [0.717, 1.165) is 5.56 Å². The van der Waals surface area contributed by atoms with Gasteiger partial charge in [-0.1, -0.05) is 60.6 Å². The molecular weight excluding hydrogens is 865 g/mol. The van der Waals surface area contributed by atoms with Gasteiger partial charge in [0.25, 0.3) is 11.8 Å². The first kappa shape index (κ1) is 52.4. The maximum Gasteiger partial charge on any atom is 0.329 e. The molecule has 18 nitrogen and oxygen atoms in total. The van der Waals surface area contributed by atoms with Gasteiger partial charge in [-0.2, -0.15) is 0 Å². The number of hydrogen-bond acceptors (Lipinski definition) is 12. The van der Waals surface area contributed by atoms with Crippen molar-refractivity contribution in [3.05, 3.63) is 29.8 Å². The molecule has 0 bridgehead atoms. The third-order valence-electron chi connectivity index (χ3n) is 13.7. The maximum absolute atomic E-state index is 14.9. The van der Waals surface area contributed by atoms with Crippen molar-refractivity contribution in [3.8, 4) is 5.75 Å². The molecule has 18 heteroatoms. The van der Waals surface area contributed by atoms with Crippen LogP contribution in [0, 0.1) is 29.6 Å². The van der Waals surface area contributed by atoms with Crippen molar-refractivity contribution in [3.63, 3.8) is 0 Å². The number of fused-ring (bicyclic) bond motifs is 3. The first-order valence-electron chi connectivity index (χ1n) is 24.0. The summed E-state index contributed by atoms with van der Waals surface area (Å²) >= 11 is 0. The molecule has 2 N–H and O–H groups in total. The molecule has 0 saturated carbocycles. The van der Waals surface area contributed by atoms with Gasteiger partial charge >= 0.3 is 17.9 Å². The fraction of sp³-hybridized carbons (Fsp3) is 0.694. The average Bonchev–Trinajstić information content (AvgIpc) is 4.07. The zero-order chi connectivity index (χ0) is 49.6. The molecule has 0 aromatic heterocycles. The lowest BCUT2D eigenvalue weighted by atomic mass is 9.91. The number of ether oxygens (including phenoxy) is 3. The second-order valence-corrected chi connectivity index (χ2v) is 19.9. The lowest BCUT2D eigenvalue weighted by Crippen LogP contribution is -2.61. The number of rotatable bonds is 7. The Morgan fingerprint density at radius 2 is 1.18 bits per heavy atom. The molecule has 10 atom stereocenters. The van der Waals surface area contributed by atoms with E-state index in [2.05, 4.69) is 10.6 Å². The molecule has 0 radical (unpaired) electrons. The van der Waals surface area contributed by atoms with Crippen LogP contribution in [0.15, 0.2) is 24.3 Å². The largest absolute Gasteiger partial charge is 0.452 e. The lowest BCUT2D eigenvalue weighted by Gasteiger charge is -2.38. The van der Waals surface area contributed by atoms with Crippen molar-refractivity contribution < 1.29 is 57.4 Å². The standard InChI is InChI=1S/C49H72N6O12/c1-26(2)38-30(8)48(63)65-31(9)44(59)55-24-14-17-37(55)49(64)67-41(28(5)6)47(62)52(11)40(27(3)4)46(61)54-23-13-16-36(54)43(58)51-39(45(60)53-22-12-15-35(53)42(57)50-38)29(7)25-33-18-20-34(21-19-33)66-32(10)56/h18-21,26-31,35-41H,12-17,22-25H2,1-11H3,(H,50,57)(H,51,58)/t29?,30?,31-,35-,36-,37-,38?,39?,40+,41+/m0/s1. The highest BCUT2D eigenvalue weighted by Gasteiger charge is 2.47. The molecule has 0 spiro atoms. The Morgan fingerprint density at radius 1 is 0.657 bits per heavy atom. The van der Waals surface area contributed by atoms with Crippen LogP contribution >= 0.6 is 0 Å². The van der Waals surface area contributed by atoms with E-state index >= 15 is 0 Å². The predicted molar refractivity (Wildman–Crippen MR) is 244 cm³/mol. The van der Waals surface area contributed by atoms with E-state index in [9.17, 15) is 43.2 Å². The van der Waals surface area contributed by atoms with E-state index in [1.54, 1.807) is 58.9 Å². The average molecular weight is 937 g/mol. The Morgan fingerprint density at radius 3 is 1.70 bits per heavy atom. The molecule has 1 aromatic carbocycles. The van der Waals surface area contributed by atoms with Gasteiger partial charge in [-0.15, -0.1) is 0 Å². The number of benzene rings is 1. The molecule has 4 aliphatic rings.